The summed E-state index contributed by atoms with van der Waals surface area (Å²) in [5.41, 5.74) is 2.68. The van der Waals surface area contributed by atoms with E-state index in [-0.39, 0.29) is 23.9 Å². The summed E-state index contributed by atoms with van der Waals surface area (Å²) in [6.07, 6.45) is -0.992. The Hall–Kier alpha value is -3.93. The van der Waals surface area contributed by atoms with Gasteiger partial charge in [0.1, 0.15) is 35.6 Å². The Labute approximate surface area is 230 Å². The number of urea groups is 1. The third-order valence-corrected chi connectivity index (χ3v) is 7.37. The number of aromatic nitrogens is 2. The number of carbonyl (C=O) groups is 2. The van der Waals surface area contributed by atoms with Crippen molar-refractivity contribution >= 4 is 34.9 Å². The summed E-state index contributed by atoms with van der Waals surface area (Å²) in [6.45, 7) is -1.42. The summed E-state index contributed by atoms with van der Waals surface area (Å²) in [5.74, 6) is -0.968. The molecular formula is C27H22ClF4N5O3. The number of fused-ring (bicyclic) bond motifs is 2. The van der Waals surface area contributed by atoms with Gasteiger partial charge in [-0.1, -0.05) is 11.6 Å². The summed E-state index contributed by atoms with van der Waals surface area (Å²) >= 11 is 6.61. The van der Waals surface area contributed by atoms with E-state index in [1.54, 1.807) is 12.1 Å². The van der Waals surface area contributed by atoms with Gasteiger partial charge in [0.05, 0.1) is 28.6 Å². The van der Waals surface area contributed by atoms with E-state index in [0.29, 0.717) is 46.2 Å². The minimum absolute atomic E-state index is 0.0253. The van der Waals surface area contributed by atoms with Crippen molar-refractivity contribution in [2.24, 2.45) is 0 Å². The number of carbonyl (C=O) groups excluding carboxylic acids is 2. The SMILES string of the molecule is O=C(NCC(F)(F)F)c1cc2c(c(C3CC3)n1)CN(c1cc3c(cc1Cl)CCC(c1ncccc1F)O3)C(=O)N2. The van der Waals surface area contributed by atoms with Crippen LogP contribution in [0.4, 0.5) is 33.7 Å². The van der Waals surface area contributed by atoms with Gasteiger partial charge in [0.2, 0.25) is 0 Å². The van der Waals surface area contributed by atoms with Crippen molar-refractivity contribution in [2.75, 3.05) is 16.8 Å². The molecule has 1 atom stereocenters. The van der Waals surface area contributed by atoms with E-state index in [0.717, 1.165) is 18.4 Å². The van der Waals surface area contributed by atoms with Gasteiger partial charge in [-0.15, -0.1) is 0 Å². The van der Waals surface area contributed by atoms with E-state index >= 15 is 0 Å². The van der Waals surface area contributed by atoms with Gasteiger partial charge in [-0.3, -0.25) is 14.7 Å². The van der Waals surface area contributed by atoms with E-state index in [4.69, 9.17) is 16.3 Å². The lowest BCUT2D eigenvalue weighted by atomic mass is 9.98. The number of halogens is 5. The first-order valence-corrected chi connectivity index (χ1v) is 13.0. The normalized spacial score (nSPS) is 18.4. The molecule has 4 heterocycles. The lowest BCUT2D eigenvalue weighted by Gasteiger charge is -2.33. The van der Waals surface area contributed by atoms with Crippen LogP contribution in [0.5, 0.6) is 5.75 Å². The Bertz CT molecular complexity index is 1530. The molecule has 3 amide bonds. The van der Waals surface area contributed by atoms with Gasteiger partial charge in [-0.25, -0.2) is 14.2 Å². The lowest BCUT2D eigenvalue weighted by Crippen LogP contribution is -2.40. The number of rotatable bonds is 5. The number of ether oxygens (including phenoxy) is 1. The summed E-state index contributed by atoms with van der Waals surface area (Å²) in [5, 5.41) is 4.87. The summed E-state index contributed by atoms with van der Waals surface area (Å²) in [4.78, 5) is 35.6. The molecule has 8 nitrogen and oxygen atoms in total. The van der Waals surface area contributed by atoms with Crippen LogP contribution in [-0.2, 0) is 13.0 Å². The number of aryl methyl sites for hydroxylation is 1. The van der Waals surface area contributed by atoms with Crippen molar-refractivity contribution < 1.29 is 31.9 Å². The fourth-order valence-corrected chi connectivity index (χ4v) is 5.27. The van der Waals surface area contributed by atoms with Gasteiger partial charge >= 0.3 is 12.2 Å². The fraction of sp³-hybridized carbons (Fsp3) is 0.333. The van der Waals surface area contributed by atoms with Crippen LogP contribution in [0, 0.1) is 5.82 Å². The van der Waals surface area contributed by atoms with Crippen LogP contribution in [0.15, 0.2) is 36.5 Å². The average molecular weight is 576 g/mol. The van der Waals surface area contributed by atoms with E-state index in [9.17, 15) is 27.2 Å². The third kappa shape index (κ3) is 5.15. The molecule has 0 bridgehead atoms. The maximum absolute atomic E-state index is 14.4. The molecule has 0 spiro atoms. The van der Waals surface area contributed by atoms with Crippen molar-refractivity contribution in [3.63, 3.8) is 0 Å². The first-order valence-electron chi connectivity index (χ1n) is 12.6. The van der Waals surface area contributed by atoms with Crippen molar-refractivity contribution in [3.05, 3.63) is 75.6 Å². The van der Waals surface area contributed by atoms with Crippen LogP contribution in [0.3, 0.4) is 0 Å². The second-order valence-corrected chi connectivity index (χ2v) is 10.3. The predicted molar refractivity (Wildman–Crippen MR) is 137 cm³/mol. The number of nitrogens with one attached hydrogen (secondary N) is 2. The molecule has 3 aliphatic rings. The van der Waals surface area contributed by atoms with Gasteiger partial charge in [0.15, 0.2) is 0 Å². The van der Waals surface area contributed by atoms with E-state index < -0.39 is 36.6 Å². The van der Waals surface area contributed by atoms with Gasteiger partial charge in [0.25, 0.3) is 5.91 Å². The lowest BCUT2D eigenvalue weighted by molar-refractivity contribution is -0.123. The van der Waals surface area contributed by atoms with Gasteiger partial charge in [-0.2, -0.15) is 13.2 Å². The number of amides is 3. The molecule has 1 saturated carbocycles. The topological polar surface area (TPSA) is 96.5 Å². The molecule has 40 heavy (non-hydrogen) atoms. The number of hydrogen-bond donors (Lipinski definition) is 2. The number of anilines is 2. The quantitative estimate of drug-likeness (QED) is 0.361. The molecule has 6 rings (SSSR count). The number of alkyl halides is 3. The minimum atomic E-state index is -4.57. The van der Waals surface area contributed by atoms with E-state index in [1.165, 1.54) is 29.3 Å². The van der Waals surface area contributed by atoms with E-state index in [1.807, 2.05) is 5.32 Å². The molecule has 2 aliphatic heterocycles. The van der Waals surface area contributed by atoms with Crippen molar-refractivity contribution in [3.8, 4) is 5.75 Å². The zero-order chi connectivity index (χ0) is 28.2. The molecule has 0 radical (unpaired) electrons. The van der Waals surface area contributed by atoms with Crippen molar-refractivity contribution in [1.82, 2.24) is 15.3 Å². The van der Waals surface area contributed by atoms with Crippen LogP contribution in [0.1, 0.15) is 64.3 Å². The van der Waals surface area contributed by atoms with Crippen LogP contribution in [0.2, 0.25) is 5.02 Å². The zero-order valence-corrected chi connectivity index (χ0v) is 21.6. The van der Waals surface area contributed by atoms with Crippen LogP contribution >= 0.6 is 11.6 Å². The highest BCUT2D eigenvalue weighted by atomic mass is 35.5. The largest absolute Gasteiger partial charge is 0.484 e. The monoisotopic (exact) mass is 575 g/mol. The standard InChI is InChI=1S/C27H22ClF4N5O3/c28-16-8-14-5-6-21(24-17(29)2-1-7-33-24)40-22(14)10-20(16)37-11-15-18(36-26(37)39)9-19(35-23(15)13-3-4-13)25(38)34-12-27(30,31)32/h1-2,7-10,13,21H,3-6,11-12H2,(H,34,38)(H,36,39). The number of hydrogen-bond acceptors (Lipinski definition) is 5. The molecule has 1 unspecified atom stereocenters. The first kappa shape index (κ1) is 26.3. The average Bonchev–Trinajstić information content (AvgIpc) is 3.76. The second-order valence-electron chi connectivity index (χ2n) is 9.93. The Morgan fingerprint density at radius 3 is 2.73 bits per heavy atom. The molecule has 208 valence electrons. The Morgan fingerprint density at radius 2 is 2.00 bits per heavy atom. The number of pyridine rings is 2. The molecular weight excluding hydrogens is 554 g/mol. The maximum Gasteiger partial charge on any atom is 0.405 e. The van der Waals surface area contributed by atoms with Gasteiger partial charge < -0.3 is 15.4 Å². The Kier molecular flexibility index (Phi) is 6.52. The maximum atomic E-state index is 14.4. The summed E-state index contributed by atoms with van der Waals surface area (Å²) < 4.78 is 58.3. The van der Waals surface area contributed by atoms with Crippen molar-refractivity contribution in [1.29, 1.82) is 0 Å². The van der Waals surface area contributed by atoms with Crippen molar-refractivity contribution in [2.45, 2.75) is 50.4 Å². The minimum Gasteiger partial charge on any atom is -0.484 e. The van der Waals surface area contributed by atoms with E-state index in [2.05, 4.69) is 15.3 Å². The highest BCUT2D eigenvalue weighted by Crippen LogP contribution is 2.46. The highest BCUT2D eigenvalue weighted by molar-refractivity contribution is 6.34. The highest BCUT2D eigenvalue weighted by Gasteiger charge is 2.36. The first-order chi connectivity index (χ1) is 19.1. The number of nitrogens with zero attached hydrogens (tertiary/aromatic N) is 3. The molecule has 1 aliphatic carbocycles. The second kappa shape index (κ2) is 9.92. The predicted octanol–water partition coefficient (Wildman–Crippen LogP) is 6.06. The molecule has 0 saturated heterocycles. The molecule has 1 fully saturated rings. The fourth-order valence-electron chi connectivity index (χ4n) is 4.98. The molecule has 13 heteroatoms. The number of benzene rings is 1. The van der Waals surface area contributed by atoms with Crippen LogP contribution in [0.25, 0.3) is 0 Å². The Balaban J connectivity index is 1.30. The Morgan fingerprint density at radius 1 is 1.20 bits per heavy atom. The molecule has 3 aromatic rings. The summed E-state index contributed by atoms with van der Waals surface area (Å²) in [7, 11) is 0. The molecule has 2 aromatic heterocycles. The smallest absolute Gasteiger partial charge is 0.405 e. The van der Waals surface area contributed by atoms with Gasteiger partial charge in [-0.05, 0) is 55.5 Å². The molecule has 1 aromatic carbocycles. The van der Waals surface area contributed by atoms with Crippen LogP contribution in [-0.4, -0.2) is 34.6 Å². The summed E-state index contributed by atoms with van der Waals surface area (Å²) in [6, 6.07) is 6.91. The van der Waals surface area contributed by atoms with Gasteiger partial charge in [0, 0.05) is 23.7 Å². The van der Waals surface area contributed by atoms with Crippen LogP contribution < -0.4 is 20.3 Å². The zero-order valence-electron chi connectivity index (χ0n) is 20.8. The molecule has 2 N–H and O–H groups in total. The third-order valence-electron chi connectivity index (χ3n) is 7.06.